The van der Waals surface area contributed by atoms with Gasteiger partial charge in [-0.2, -0.15) is 0 Å². The molecular weight excluding hydrogens is 225 g/mol. The van der Waals surface area contributed by atoms with Gasteiger partial charge in [-0.25, -0.2) is 4.39 Å². The molecule has 1 nitrogen and oxygen atoms in total. The van der Waals surface area contributed by atoms with Crippen LogP contribution in [0, 0.1) is 12.7 Å². The van der Waals surface area contributed by atoms with Gasteiger partial charge < -0.3 is 5.73 Å². The quantitative estimate of drug-likeness (QED) is 0.742. The van der Waals surface area contributed by atoms with Crippen LogP contribution in [-0.4, -0.2) is 0 Å². The zero-order chi connectivity index (χ0) is 11.7. The van der Waals surface area contributed by atoms with Crippen LogP contribution in [0.1, 0.15) is 5.56 Å². The van der Waals surface area contributed by atoms with Crippen molar-refractivity contribution < 1.29 is 4.39 Å². The lowest BCUT2D eigenvalue weighted by Crippen LogP contribution is -1.92. The zero-order valence-electron chi connectivity index (χ0n) is 8.80. The first kappa shape index (κ1) is 11.0. The first-order chi connectivity index (χ1) is 7.58. The van der Waals surface area contributed by atoms with Gasteiger partial charge in [0.15, 0.2) is 0 Å². The summed E-state index contributed by atoms with van der Waals surface area (Å²) in [7, 11) is 0. The minimum absolute atomic E-state index is 0.269. The van der Waals surface area contributed by atoms with Crippen LogP contribution in [0.2, 0.25) is 5.02 Å². The fourth-order valence-electron chi connectivity index (χ4n) is 1.66. The molecule has 0 heterocycles. The van der Waals surface area contributed by atoms with Crippen LogP contribution in [0.25, 0.3) is 11.1 Å². The minimum Gasteiger partial charge on any atom is -0.398 e. The fraction of sp³-hybridized carbons (Fsp3) is 0.0769. The number of nitrogen functional groups attached to an aromatic ring is 1. The number of halogens is 2. The van der Waals surface area contributed by atoms with Gasteiger partial charge in [-0.15, -0.1) is 0 Å². The van der Waals surface area contributed by atoms with Crippen molar-refractivity contribution in [3.8, 4) is 11.1 Å². The molecule has 0 fully saturated rings. The van der Waals surface area contributed by atoms with E-state index in [0.29, 0.717) is 10.7 Å². The van der Waals surface area contributed by atoms with Crippen LogP contribution >= 0.6 is 11.6 Å². The molecule has 0 amide bonds. The Morgan fingerprint density at radius 2 is 1.81 bits per heavy atom. The second-order valence-electron chi connectivity index (χ2n) is 3.69. The molecule has 0 aromatic heterocycles. The van der Waals surface area contributed by atoms with Gasteiger partial charge >= 0.3 is 0 Å². The van der Waals surface area contributed by atoms with Crippen molar-refractivity contribution in [2.45, 2.75) is 6.92 Å². The third-order valence-corrected chi connectivity index (χ3v) is 2.74. The van der Waals surface area contributed by atoms with E-state index in [1.165, 1.54) is 12.1 Å². The molecule has 0 saturated heterocycles. The number of hydrogen-bond acceptors (Lipinski definition) is 1. The Kier molecular flexibility index (Phi) is 2.84. The summed E-state index contributed by atoms with van der Waals surface area (Å²) < 4.78 is 13.2. The molecule has 2 N–H and O–H groups in total. The molecule has 3 heteroatoms. The summed E-state index contributed by atoms with van der Waals surface area (Å²) >= 11 is 5.82. The monoisotopic (exact) mass is 235 g/mol. The first-order valence-corrected chi connectivity index (χ1v) is 5.27. The molecule has 0 spiro atoms. The second-order valence-corrected chi connectivity index (χ2v) is 4.13. The number of rotatable bonds is 1. The summed E-state index contributed by atoms with van der Waals surface area (Å²) in [6.45, 7) is 1.92. The molecular formula is C13H11ClFN. The van der Waals surface area contributed by atoms with Crippen molar-refractivity contribution in [1.82, 2.24) is 0 Å². The normalized spacial score (nSPS) is 10.4. The van der Waals surface area contributed by atoms with E-state index < -0.39 is 0 Å². The van der Waals surface area contributed by atoms with Crippen molar-refractivity contribution in [2.75, 3.05) is 5.73 Å². The highest BCUT2D eigenvalue weighted by Gasteiger charge is 2.07. The molecule has 0 bridgehead atoms. The molecule has 16 heavy (non-hydrogen) atoms. The van der Waals surface area contributed by atoms with Crippen LogP contribution in [0.4, 0.5) is 10.1 Å². The van der Waals surface area contributed by atoms with Gasteiger partial charge in [-0.05, 0) is 42.3 Å². The fourth-order valence-corrected chi connectivity index (χ4v) is 1.84. The van der Waals surface area contributed by atoms with Crippen molar-refractivity contribution >= 4 is 17.3 Å². The predicted molar refractivity (Wildman–Crippen MR) is 66.0 cm³/mol. The van der Waals surface area contributed by atoms with E-state index >= 15 is 0 Å². The molecule has 0 radical (unpaired) electrons. The Morgan fingerprint density at radius 3 is 2.50 bits per heavy atom. The maximum atomic E-state index is 13.2. The summed E-state index contributed by atoms with van der Waals surface area (Å²) in [5, 5.41) is 0.579. The van der Waals surface area contributed by atoms with Crippen LogP contribution in [0.15, 0.2) is 36.4 Å². The highest BCUT2D eigenvalue weighted by atomic mass is 35.5. The van der Waals surface area contributed by atoms with E-state index in [-0.39, 0.29) is 5.82 Å². The molecule has 0 atom stereocenters. The zero-order valence-corrected chi connectivity index (χ0v) is 9.55. The lowest BCUT2D eigenvalue weighted by Gasteiger charge is -2.09. The van der Waals surface area contributed by atoms with E-state index in [0.717, 1.165) is 16.7 Å². The van der Waals surface area contributed by atoms with E-state index in [2.05, 4.69) is 0 Å². The van der Waals surface area contributed by atoms with Gasteiger partial charge in [0.05, 0.1) is 0 Å². The minimum atomic E-state index is -0.269. The van der Waals surface area contributed by atoms with Gasteiger partial charge in [-0.3, -0.25) is 0 Å². The first-order valence-electron chi connectivity index (χ1n) is 4.89. The molecule has 2 aromatic carbocycles. The number of aryl methyl sites for hydroxylation is 1. The second kappa shape index (κ2) is 4.14. The highest BCUT2D eigenvalue weighted by molar-refractivity contribution is 6.31. The largest absolute Gasteiger partial charge is 0.398 e. The van der Waals surface area contributed by atoms with Crippen LogP contribution in [-0.2, 0) is 0 Å². The molecule has 2 aromatic rings. The molecule has 0 aliphatic heterocycles. The summed E-state index contributed by atoms with van der Waals surface area (Å²) in [6.07, 6.45) is 0. The molecule has 82 valence electrons. The van der Waals surface area contributed by atoms with Crippen molar-refractivity contribution in [2.24, 2.45) is 0 Å². The standard InChI is InChI=1S/C13H11ClFN/c1-8-2-4-10(15)7-12(8)11-5-3-9(14)6-13(11)16/h2-7H,16H2,1H3. The highest BCUT2D eigenvalue weighted by Crippen LogP contribution is 2.31. The number of anilines is 1. The van der Waals surface area contributed by atoms with E-state index in [4.69, 9.17) is 17.3 Å². The molecule has 0 aliphatic rings. The van der Waals surface area contributed by atoms with E-state index in [1.807, 2.05) is 6.92 Å². The van der Waals surface area contributed by atoms with Crippen LogP contribution in [0.3, 0.4) is 0 Å². The predicted octanol–water partition coefficient (Wildman–Crippen LogP) is 4.04. The van der Waals surface area contributed by atoms with Gasteiger partial charge in [0.1, 0.15) is 5.82 Å². The third-order valence-electron chi connectivity index (χ3n) is 2.50. The Labute approximate surface area is 98.7 Å². The Balaban J connectivity index is 2.62. The third kappa shape index (κ3) is 2.02. The van der Waals surface area contributed by atoms with Crippen molar-refractivity contribution in [3.63, 3.8) is 0 Å². The van der Waals surface area contributed by atoms with Gasteiger partial charge in [0, 0.05) is 16.3 Å². The van der Waals surface area contributed by atoms with Crippen LogP contribution in [0.5, 0.6) is 0 Å². The SMILES string of the molecule is Cc1ccc(F)cc1-c1ccc(Cl)cc1N. The number of hydrogen-bond donors (Lipinski definition) is 1. The molecule has 0 aliphatic carbocycles. The van der Waals surface area contributed by atoms with Crippen LogP contribution < -0.4 is 5.73 Å². The average molecular weight is 236 g/mol. The Hall–Kier alpha value is -1.54. The summed E-state index contributed by atoms with van der Waals surface area (Å²) in [4.78, 5) is 0. The smallest absolute Gasteiger partial charge is 0.123 e. The molecule has 0 unspecified atom stereocenters. The molecule has 0 saturated carbocycles. The van der Waals surface area contributed by atoms with Crippen molar-refractivity contribution in [1.29, 1.82) is 0 Å². The Morgan fingerprint density at radius 1 is 1.06 bits per heavy atom. The Bertz CT molecular complexity index is 537. The average Bonchev–Trinajstić information content (AvgIpc) is 2.22. The summed E-state index contributed by atoms with van der Waals surface area (Å²) in [6, 6.07) is 9.87. The van der Waals surface area contributed by atoms with Gasteiger partial charge in [0.25, 0.3) is 0 Å². The van der Waals surface area contributed by atoms with Gasteiger partial charge in [0.2, 0.25) is 0 Å². The summed E-state index contributed by atoms with van der Waals surface area (Å²) in [5.41, 5.74) is 9.01. The summed E-state index contributed by atoms with van der Waals surface area (Å²) in [5.74, 6) is -0.269. The van der Waals surface area contributed by atoms with Crippen molar-refractivity contribution in [3.05, 3.63) is 52.8 Å². The van der Waals surface area contributed by atoms with Gasteiger partial charge in [-0.1, -0.05) is 23.7 Å². The maximum absolute atomic E-state index is 13.2. The number of nitrogens with two attached hydrogens (primary N) is 1. The maximum Gasteiger partial charge on any atom is 0.123 e. The number of benzene rings is 2. The molecule has 2 rings (SSSR count). The lowest BCUT2D eigenvalue weighted by atomic mass is 9.99. The lowest BCUT2D eigenvalue weighted by molar-refractivity contribution is 0.628. The topological polar surface area (TPSA) is 26.0 Å². The van der Waals surface area contributed by atoms with E-state index in [1.54, 1.807) is 24.3 Å². The van der Waals surface area contributed by atoms with E-state index in [9.17, 15) is 4.39 Å².